The Bertz CT molecular complexity index is 572. The summed E-state index contributed by atoms with van der Waals surface area (Å²) in [7, 11) is 0. The fraction of sp³-hybridized carbons (Fsp3) is 0.308. The quantitative estimate of drug-likeness (QED) is 0.643. The number of carbonyl (C=O) groups excluding carboxylic acids is 2. The summed E-state index contributed by atoms with van der Waals surface area (Å²) in [4.78, 5) is 28.7. The third-order valence-corrected chi connectivity index (χ3v) is 3.49. The van der Waals surface area contributed by atoms with Crippen molar-refractivity contribution >= 4 is 23.3 Å². The predicted molar refractivity (Wildman–Crippen MR) is 75.8 cm³/mol. The van der Waals surface area contributed by atoms with Crippen molar-refractivity contribution in [3.8, 4) is 0 Å². The largest absolute Gasteiger partial charge is 0.383 e. The van der Waals surface area contributed by atoms with Gasteiger partial charge in [0.25, 0.3) is 5.91 Å². The van der Waals surface area contributed by atoms with Gasteiger partial charge in [-0.1, -0.05) is 6.58 Å². The van der Waals surface area contributed by atoms with Crippen LogP contribution in [-0.4, -0.2) is 29.4 Å². The van der Waals surface area contributed by atoms with E-state index in [-0.39, 0.29) is 23.1 Å². The smallest absolute Gasteiger partial charge is 0.252 e. The van der Waals surface area contributed by atoms with Crippen LogP contribution in [0.25, 0.3) is 0 Å². The Morgan fingerprint density at radius 3 is 2.70 bits per heavy atom. The van der Waals surface area contributed by atoms with Crippen LogP contribution in [0.2, 0.25) is 0 Å². The number of aromatic nitrogens is 1. The highest BCUT2D eigenvalue weighted by Gasteiger charge is 2.35. The van der Waals surface area contributed by atoms with Gasteiger partial charge in [-0.25, -0.2) is 4.98 Å². The minimum Gasteiger partial charge on any atom is -0.383 e. The van der Waals surface area contributed by atoms with Crippen LogP contribution in [0.5, 0.6) is 0 Å². The number of anilines is 2. The van der Waals surface area contributed by atoms with E-state index >= 15 is 0 Å². The summed E-state index contributed by atoms with van der Waals surface area (Å²) in [6, 6.07) is 3.13. The Morgan fingerprint density at radius 1 is 1.45 bits per heavy atom. The van der Waals surface area contributed by atoms with Crippen molar-refractivity contribution < 1.29 is 9.59 Å². The first kappa shape index (κ1) is 14.0. The Labute approximate surface area is 116 Å². The molecule has 2 rings (SSSR count). The average Bonchev–Trinajstić information content (AvgIpc) is 2.79. The summed E-state index contributed by atoms with van der Waals surface area (Å²) in [5.74, 6) is -0.430. The van der Waals surface area contributed by atoms with Crippen molar-refractivity contribution in [1.29, 1.82) is 0 Å². The van der Waals surface area contributed by atoms with Crippen molar-refractivity contribution in [3.05, 3.63) is 30.4 Å². The number of amides is 1. The molecule has 0 saturated carbocycles. The molecule has 1 aliphatic rings. The molecule has 7 heteroatoms. The molecule has 2 atom stereocenters. The Hall–Kier alpha value is -2.41. The van der Waals surface area contributed by atoms with E-state index in [2.05, 4.69) is 11.6 Å². The zero-order chi connectivity index (χ0) is 14.9. The fourth-order valence-corrected chi connectivity index (χ4v) is 2.38. The molecule has 0 bridgehead atoms. The molecule has 6 N–H and O–H groups in total. The van der Waals surface area contributed by atoms with Crippen LogP contribution >= 0.6 is 0 Å². The van der Waals surface area contributed by atoms with E-state index in [9.17, 15) is 9.59 Å². The van der Waals surface area contributed by atoms with Crippen molar-refractivity contribution in [2.45, 2.75) is 12.6 Å². The maximum absolute atomic E-state index is 11.7. The summed E-state index contributed by atoms with van der Waals surface area (Å²) < 4.78 is 0. The first-order chi connectivity index (χ1) is 9.45. The van der Waals surface area contributed by atoms with Crippen LogP contribution in [0.1, 0.15) is 16.8 Å². The maximum atomic E-state index is 11.7. The molecule has 2 heterocycles. The second kappa shape index (κ2) is 5.30. The number of pyridine rings is 1. The lowest BCUT2D eigenvalue weighted by atomic mass is 10.0. The fourth-order valence-electron chi connectivity index (χ4n) is 2.38. The highest BCUT2D eigenvalue weighted by Crippen LogP contribution is 2.28. The first-order valence-corrected chi connectivity index (χ1v) is 6.20. The molecular weight excluding hydrogens is 258 g/mol. The molecule has 0 radical (unpaired) electrons. The zero-order valence-corrected chi connectivity index (χ0v) is 11.0. The number of hydrogen-bond acceptors (Lipinski definition) is 6. The van der Waals surface area contributed by atoms with Crippen LogP contribution in [0.15, 0.2) is 24.8 Å². The van der Waals surface area contributed by atoms with E-state index in [1.165, 1.54) is 12.1 Å². The molecule has 1 aromatic rings. The van der Waals surface area contributed by atoms with E-state index in [0.717, 1.165) is 0 Å². The molecular formula is C13H17N5O2. The second-order valence-electron chi connectivity index (χ2n) is 4.65. The van der Waals surface area contributed by atoms with Crippen LogP contribution < -0.4 is 22.1 Å². The summed E-state index contributed by atoms with van der Waals surface area (Å²) in [5.41, 5.74) is 17.1. The van der Waals surface area contributed by atoms with Gasteiger partial charge in [0.1, 0.15) is 11.6 Å². The summed E-state index contributed by atoms with van der Waals surface area (Å²) in [6.07, 6.45) is 1.43. The Balaban J connectivity index is 2.25. The predicted octanol–water partition coefficient (Wildman–Crippen LogP) is -0.371. The molecule has 0 spiro atoms. The average molecular weight is 275 g/mol. The lowest BCUT2D eigenvalue weighted by Crippen LogP contribution is -2.43. The van der Waals surface area contributed by atoms with Gasteiger partial charge in [-0.15, -0.1) is 0 Å². The molecule has 106 valence electrons. The monoisotopic (exact) mass is 275 g/mol. The number of rotatable bonds is 4. The van der Waals surface area contributed by atoms with Crippen LogP contribution in [0.4, 0.5) is 11.6 Å². The van der Waals surface area contributed by atoms with Crippen LogP contribution in [0.3, 0.4) is 0 Å². The highest BCUT2D eigenvalue weighted by molar-refractivity contribution is 5.97. The molecule has 1 fully saturated rings. The SMILES string of the molecule is C=CC(=O)C1CCN(c2ccc(C(N)=O)c(N)n2)C1N. The molecule has 1 aliphatic heterocycles. The lowest BCUT2D eigenvalue weighted by Gasteiger charge is -2.25. The zero-order valence-electron chi connectivity index (χ0n) is 11.0. The van der Waals surface area contributed by atoms with Gasteiger partial charge in [0.15, 0.2) is 5.78 Å². The number of hydrogen-bond donors (Lipinski definition) is 3. The van der Waals surface area contributed by atoms with Gasteiger partial charge in [-0.2, -0.15) is 0 Å². The third kappa shape index (κ3) is 2.35. The maximum Gasteiger partial charge on any atom is 0.252 e. The highest BCUT2D eigenvalue weighted by atomic mass is 16.1. The second-order valence-corrected chi connectivity index (χ2v) is 4.65. The van der Waals surface area contributed by atoms with Gasteiger partial charge in [-0.3, -0.25) is 9.59 Å². The third-order valence-electron chi connectivity index (χ3n) is 3.49. The minimum atomic E-state index is -0.632. The van der Waals surface area contributed by atoms with E-state index in [0.29, 0.717) is 18.8 Å². The van der Waals surface area contributed by atoms with Gasteiger partial charge in [-0.05, 0) is 24.6 Å². The van der Waals surface area contributed by atoms with E-state index in [1.807, 2.05) is 0 Å². The Morgan fingerprint density at radius 2 is 2.15 bits per heavy atom. The first-order valence-electron chi connectivity index (χ1n) is 6.20. The van der Waals surface area contributed by atoms with E-state index < -0.39 is 12.1 Å². The summed E-state index contributed by atoms with van der Waals surface area (Å²) in [5, 5.41) is 0. The Kier molecular flexibility index (Phi) is 3.71. The van der Waals surface area contributed by atoms with E-state index in [4.69, 9.17) is 17.2 Å². The number of nitrogens with zero attached hydrogens (tertiary/aromatic N) is 2. The molecule has 1 amide bonds. The van der Waals surface area contributed by atoms with Crippen molar-refractivity contribution in [1.82, 2.24) is 4.98 Å². The van der Waals surface area contributed by atoms with Crippen LogP contribution in [-0.2, 0) is 4.79 Å². The molecule has 1 saturated heterocycles. The molecule has 20 heavy (non-hydrogen) atoms. The summed E-state index contributed by atoms with van der Waals surface area (Å²) >= 11 is 0. The number of nitrogens with two attached hydrogens (primary N) is 3. The van der Waals surface area contributed by atoms with Crippen molar-refractivity contribution in [3.63, 3.8) is 0 Å². The number of ketones is 1. The van der Waals surface area contributed by atoms with Crippen molar-refractivity contribution in [2.24, 2.45) is 17.4 Å². The molecule has 0 aromatic carbocycles. The molecule has 2 unspecified atom stereocenters. The van der Waals surface area contributed by atoms with Gasteiger partial charge < -0.3 is 22.1 Å². The number of primary amides is 1. The molecule has 0 aliphatic carbocycles. The number of carbonyl (C=O) groups is 2. The summed E-state index contributed by atoms with van der Waals surface area (Å²) in [6.45, 7) is 4.06. The topological polar surface area (TPSA) is 128 Å². The lowest BCUT2D eigenvalue weighted by molar-refractivity contribution is -0.118. The van der Waals surface area contributed by atoms with E-state index in [1.54, 1.807) is 11.0 Å². The normalized spacial score (nSPS) is 21.8. The van der Waals surface area contributed by atoms with Gasteiger partial charge in [0, 0.05) is 6.54 Å². The number of allylic oxidation sites excluding steroid dienone is 1. The van der Waals surface area contributed by atoms with Crippen LogP contribution in [0, 0.1) is 5.92 Å². The molecule has 7 nitrogen and oxygen atoms in total. The minimum absolute atomic E-state index is 0.0562. The van der Waals surface area contributed by atoms with Gasteiger partial charge >= 0.3 is 0 Å². The number of nitrogen functional groups attached to an aromatic ring is 1. The van der Waals surface area contributed by atoms with Gasteiger partial charge in [0.05, 0.1) is 17.6 Å². The van der Waals surface area contributed by atoms with Crippen molar-refractivity contribution in [2.75, 3.05) is 17.2 Å². The molecule has 1 aromatic heterocycles. The van der Waals surface area contributed by atoms with Gasteiger partial charge in [0.2, 0.25) is 0 Å². The standard InChI is InChI=1S/C13H17N5O2/c1-2-9(19)7-5-6-18(12(7)15)10-4-3-8(13(16)20)11(14)17-10/h2-4,7,12H,1,5-6,15H2,(H2,14,17)(H2,16,20).